The van der Waals surface area contributed by atoms with E-state index in [0.717, 1.165) is 24.3 Å². The van der Waals surface area contributed by atoms with Crippen molar-refractivity contribution in [3.63, 3.8) is 0 Å². The number of sulfone groups is 1. The van der Waals surface area contributed by atoms with Crippen LogP contribution in [0.5, 0.6) is 0 Å². The van der Waals surface area contributed by atoms with Gasteiger partial charge in [0.25, 0.3) is 9.84 Å². The van der Waals surface area contributed by atoms with Crippen LogP contribution in [0.1, 0.15) is 10.4 Å². The zero-order valence-electron chi connectivity index (χ0n) is 10.5. The number of ketones is 1. The average Bonchev–Trinajstić information content (AvgIpc) is 2.48. The van der Waals surface area contributed by atoms with Gasteiger partial charge in [-0.15, -0.1) is 0 Å². The molecule has 0 aliphatic heterocycles. The number of alkyl halides is 2. The third kappa shape index (κ3) is 2.89. The molecule has 0 saturated heterocycles. The van der Waals surface area contributed by atoms with Crippen LogP contribution in [0.2, 0.25) is 0 Å². The predicted molar refractivity (Wildman–Crippen MR) is 77.0 cm³/mol. The van der Waals surface area contributed by atoms with Gasteiger partial charge in [0, 0.05) is 10.0 Å². The van der Waals surface area contributed by atoms with E-state index in [1.54, 1.807) is 0 Å². The molecule has 0 saturated carbocycles. The number of halogens is 3. The van der Waals surface area contributed by atoms with E-state index in [1.807, 2.05) is 0 Å². The zero-order valence-corrected chi connectivity index (χ0v) is 12.9. The molecular formula is C14H9BrF2O3S. The summed E-state index contributed by atoms with van der Waals surface area (Å²) in [7, 11) is -5.09. The van der Waals surface area contributed by atoms with Crippen molar-refractivity contribution in [1.82, 2.24) is 0 Å². The molecule has 0 amide bonds. The molecule has 0 aromatic heterocycles. The van der Waals surface area contributed by atoms with E-state index in [-0.39, 0.29) is 5.56 Å². The molecule has 2 aromatic carbocycles. The molecular weight excluding hydrogens is 366 g/mol. The Morgan fingerprint density at radius 1 is 0.952 bits per heavy atom. The number of hydrogen-bond acceptors (Lipinski definition) is 3. The fraction of sp³-hybridized carbons (Fsp3) is 0.0714. The molecule has 0 heterocycles. The van der Waals surface area contributed by atoms with Crippen molar-refractivity contribution in [2.45, 2.75) is 10.2 Å². The van der Waals surface area contributed by atoms with Crippen molar-refractivity contribution in [1.29, 1.82) is 0 Å². The van der Waals surface area contributed by atoms with Gasteiger partial charge in [-0.2, -0.15) is 8.78 Å². The Labute approximate surface area is 128 Å². The van der Waals surface area contributed by atoms with Crippen LogP contribution in [0, 0.1) is 0 Å². The van der Waals surface area contributed by atoms with Crippen LogP contribution in [-0.2, 0) is 9.84 Å². The number of benzene rings is 2. The number of hydrogen-bond donors (Lipinski definition) is 0. The van der Waals surface area contributed by atoms with E-state index >= 15 is 0 Å². The lowest BCUT2D eigenvalue weighted by atomic mass is 10.1. The topological polar surface area (TPSA) is 51.2 Å². The summed E-state index contributed by atoms with van der Waals surface area (Å²) in [6.07, 6.45) is 0. The van der Waals surface area contributed by atoms with E-state index in [4.69, 9.17) is 0 Å². The predicted octanol–water partition coefficient (Wildman–Crippen LogP) is 3.70. The average molecular weight is 375 g/mol. The Morgan fingerprint density at radius 2 is 1.48 bits per heavy atom. The summed E-state index contributed by atoms with van der Waals surface area (Å²) in [5.74, 6) is -1.75. The highest BCUT2D eigenvalue weighted by molar-refractivity contribution is 9.10. The van der Waals surface area contributed by atoms with Gasteiger partial charge in [-0.1, -0.05) is 46.3 Å². The highest BCUT2D eigenvalue weighted by Gasteiger charge is 2.53. The van der Waals surface area contributed by atoms with Crippen molar-refractivity contribution >= 4 is 31.6 Å². The lowest BCUT2D eigenvalue weighted by Crippen LogP contribution is -2.38. The quantitative estimate of drug-likeness (QED) is 0.766. The van der Waals surface area contributed by atoms with Gasteiger partial charge in [-0.25, -0.2) is 8.42 Å². The molecule has 0 atom stereocenters. The molecule has 0 fully saturated rings. The maximum Gasteiger partial charge on any atom is 0.411 e. The maximum atomic E-state index is 14.1. The number of carbonyl (C=O) groups is 1. The van der Waals surface area contributed by atoms with Crippen LogP contribution in [0.4, 0.5) is 8.78 Å². The Hall–Kier alpha value is -1.60. The van der Waals surface area contributed by atoms with Gasteiger partial charge in [-0.3, -0.25) is 4.79 Å². The fourth-order valence-electron chi connectivity index (χ4n) is 1.64. The first-order valence-corrected chi connectivity index (χ1v) is 8.02. The van der Waals surface area contributed by atoms with Crippen LogP contribution >= 0.6 is 15.9 Å². The second kappa shape index (κ2) is 5.65. The molecule has 0 radical (unpaired) electrons. The van der Waals surface area contributed by atoms with E-state index in [2.05, 4.69) is 15.9 Å². The van der Waals surface area contributed by atoms with E-state index < -0.39 is 25.8 Å². The van der Waals surface area contributed by atoms with Crippen molar-refractivity contribution in [3.8, 4) is 0 Å². The summed E-state index contributed by atoms with van der Waals surface area (Å²) in [6.45, 7) is 0. The molecule has 0 N–H and O–H groups in total. The van der Waals surface area contributed by atoms with Crippen LogP contribution in [-0.4, -0.2) is 19.5 Å². The van der Waals surface area contributed by atoms with Gasteiger partial charge in [0.15, 0.2) is 0 Å². The lowest BCUT2D eigenvalue weighted by Gasteiger charge is -2.16. The van der Waals surface area contributed by atoms with Crippen LogP contribution in [0.25, 0.3) is 0 Å². The maximum absolute atomic E-state index is 14.1. The van der Waals surface area contributed by atoms with E-state index in [0.29, 0.717) is 4.47 Å². The van der Waals surface area contributed by atoms with Crippen LogP contribution < -0.4 is 0 Å². The molecule has 0 spiro atoms. The summed E-state index contributed by atoms with van der Waals surface area (Å²) in [5, 5.41) is -4.53. The lowest BCUT2D eigenvalue weighted by molar-refractivity contribution is 0.0526. The summed E-state index contributed by atoms with van der Waals surface area (Å²) in [5.41, 5.74) is -0.372. The minimum Gasteiger partial charge on any atom is -0.286 e. The van der Waals surface area contributed by atoms with Crippen LogP contribution in [0.15, 0.2) is 64.0 Å². The summed E-state index contributed by atoms with van der Waals surface area (Å²) in [6, 6.07) is 11.2. The minimum absolute atomic E-state index is 0.372. The molecule has 3 nitrogen and oxygen atoms in total. The fourth-order valence-corrected chi connectivity index (χ4v) is 3.08. The Kier molecular flexibility index (Phi) is 4.25. The number of Topliss-reactive ketones (excluding diaryl/α,β-unsaturated/α-hetero) is 1. The molecule has 0 aliphatic rings. The van der Waals surface area contributed by atoms with E-state index in [9.17, 15) is 22.0 Å². The molecule has 2 rings (SSSR count). The first kappa shape index (κ1) is 15.8. The summed E-state index contributed by atoms with van der Waals surface area (Å²) in [4.78, 5) is 11.3. The second-order valence-corrected chi connectivity index (χ2v) is 7.08. The SMILES string of the molecule is O=C(c1ccc(Br)cc1)C(F)(F)S(=O)(=O)c1ccccc1. The zero-order chi connectivity index (χ0) is 15.7. The highest BCUT2D eigenvalue weighted by atomic mass is 79.9. The smallest absolute Gasteiger partial charge is 0.286 e. The van der Waals surface area contributed by atoms with Gasteiger partial charge in [-0.05, 0) is 24.3 Å². The van der Waals surface area contributed by atoms with Gasteiger partial charge >= 0.3 is 5.25 Å². The number of rotatable bonds is 4. The second-order valence-electron chi connectivity index (χ2n) is 4.17. The standard InChI is InChI=1S/C14H9BrF2O3S/c15-11-8-6-10(7-9-11)13(18)14(16,17)21(19,20)12-4-2-1-3-5-12/h1-9H. The third-order valence-electron chi connectivity index (χ3n) is 2.76. The Bertz CT molecular complexity index is 757. The molecule has 0 unspecified atom stereocenters. The summed E-state index contributed by atoms with van der Waals surface area (Å²) >= 11 is 3.10. The molecule has 0 aliphatic carbocycles. The van der Waals surface area contributed by atoms with Crippen molar-refractivity contribution in [3.05, 3.63) is 64.6 Å². The highest BCUT2D eigenvalue weighted by Crippen LogP contribution is 2.32. The van der Waals surface area contributed by atoms with Crippen molar-refractivity contribution in [2.75, 3.05) is 0 Å². The van der Waals surface area contributed by atoms with Gasteiger partial charge in [0.1, 0.15) is 0 Å². The molecule has 0 bridgehead atoms. The first-order valence-electron chi connectivity index (χ1n) is 5.74. The molecule has 21 heavy (non-hydrogen) atoms. The molecule has 7 heteroatoms. The van der Waals surface area contributed by atoms with Gasteiger partial charge in [0.2, 0.25) is 5.78 Å². The third-order valence-corrected chi connectivity index (χ3v) is 5.04. The van der Waals surface area contributed by atoms with Gasteiger partial charge in [0.05, 0.1) is 4.90 Å². The van der Waals surface area contributed by atoms with Crippen LogP contribution in [0.3, 0.4) is 0 Å². The van der Waals surface area contributed by atoms with Crippen molar-refractivity contribution in [2.24, 2.45) is 0 Å². The Balaban J connectivity index is 2.46. The summed E-state index contributed by atoms with van der Waals surface area (Å²) < 4.78 is 52.7. The number of carbonyl (C=O) groups excluding carboxylic acids is 1. The monoisotopic (exact) mass is 374 g/mol. The largest absolute Gasteiger partial charge is 0.411 e. The molecule has 110 valence electrons. The minimum atomic E-state index is -5.09. The normalized spacial score (nSPS) is 12.1. The molecule has 2 aromatic rings. The Morgan fingerprint density at radius 3 is 2.00 bits per heavy atom. The van der Waals surface area contributed by atoms with Gasteiger partial charge < -0.3 is 0 Å². The van der Waals surface area contributed by atoms with E-state index in [1.165, 1.54) is 30.3 Å². The first-order chi connectivity index (χ1) is 9.76. The van der Waals surface area contributed by atoms with Crippen molar-refractivity contribution < 1.29 is 22.0 Å².